The van der Waals surface area contributed by atoms with E-state index in [1.54, 1.807) is 0 Å². The lowest BCUT2D eigenvalue weighted by Gasteiger charge is -2.18. The molecule has 32 heavy (non-hydrogen) atoms. The summed E-state index contributed by atoms with van der Waals surface area (Å²) < 4.78 is 12.8. The molecule has 1 fully saturated rings. The fourth-order valence-electron chi connectivity index (χ4n) is 3.63. The maximum atomic E-state index is 12.4. The normalized spacial score (nSPS) is 22.8. The van der Waals surface area contributed by atoms with Crippen LogP contribution in [0.15, 0.2) is 59.5 Å². The molecule has 0 spiro atoms. The van der Waals surface area contributed by atoms with Crippen molar-refractivity contribution in [2.24, 2.45) is 0 Å². The van der Waals surface area contributed by atoms with Crippen molar-refractivity contribution in [3.05, 3.63) is 86.5 Å². The summed E-state index contributed by atoms with van der Waals surface area (Å²) in [6, 6.07) is 15.3. The number of aliphatic hydroxyl groups is 3. The van der Waals surface area contributed by atoms with Crippen molar-refractivity contribution in [2.75, 3.05) is 6.61 Å². The van der Waals surface area contributed by atoms with Crippen LogP contribution in [0.2, 0.25) is 0 Å². The highest BCUT2D eigenvalue weighted by atomic mass is 32.1. The fourth-order valence-corrected chi connectivity index (χ4v) is 3.85. The number of nitrogens with one attached hydrogen (secondary N) is 1. The third-order valence-electron chi connectivity index (χ3n) is 5.38. The highest BCUT2D eigenvalue weighted by Crippen LogP contribution is 2.29. The highest BCUT2D eigenvalue weighted by Gasteiger charge is 2.43. The second kappa shape index (κ2) is 9.35. The first kappa shape index (κ1) is 22.4. The van der Waals surface area contributed by atoms with Gasteiger partial charge < -0.3 is 24.8 Å². The average Bonchev–Trinajstić information content (AvgIpc) is 3.06. The van der Waals surface area contributed by atoms with Crippen molar-refractivity contribution in [1.29, 1.82) is 0 Å². The van der Waals surface area contributed by atoms with Gasteiger partial charge in [0.25, 0.3) is 0 Å². The van der Waals surface area contributed by atoms with Crippen LogP contribution in [0.4, 0.5) is 0 Å². The van der Waals surface area contributed by atoms with Gasteiger partial charge in [-0.15, -0.1) is 0 Å². The number of hydrogen-bond acceptors (Lipinski definition) is 7. The molecule has 1 aromatic heterocycles. The summed E-state index contributed by atoms with van der Waals surface area (Å²) in [4.78, 5) is 15.0. The van der Waals surface area contributed by atoms with Crippen molar-refractivity contribution < 1.29 is 24.8 Å². The predicted molar refractivity (Wildman–Crippen MR) is 119 cm³/mol. The SMILES string of the molecule is Cc1ccc(Oc2cccc(Cc3cn([C@@H]4O[C@H](CO)[C@@H](O)[C@H]4O)c(=O)[nH]c3=S)c2)cc1. The summed E-state index contributed by atoms with van der Waals surface area (Å²) in [6.07, 6.45) is -2.89. The molecule has 4 atom stereocenters. The molecule has 2 heterocycles. The van der Waals surface area contributed by atoms with Gasteiger partial charge in [-0.25, -0.2) is 4.79 Å². The maximum absolute atomic E-state index is 12.4. The first-order chi connectivity index (χ1) is 15.4. The lowest BCUT2D eigenvalue weighted by atomic mass is 10.1. The van der Waals surface area contributed by atoms with Crippen LogP contribution in [-0.4, -0.2) is 49.8 Å². The third kappa shape index (κ3) is 4.67. The lowest BCUT2D eigenvalue weighted by Crippen LogP contribution is -2.36. The Morgan fingerprint density at radius 2 is 1.88 bits per heavy atom. The van der Waals surface area contributed by atoms with Gasteiger partial charge in [0.1, 0.15) is 34.5 Å². The Balaban J connectivity index is 1.58. The summed E-state index contributed by atoms with van der Waals surface area (Å²) in [5, 5.41) is 29.6. The molecule has 0 amide bonds. The first-order valence-corrected chi connectivity index (χ1v) is 10.6. The Hall–Kier alpha value is -2.82. The molecule has 2 aromatic carbocycles. The van der Waals surface area contributed by atoms with Gasteiger partial charge in [0.2, 0.25) is 0 Å². The molecule has 1 saturated heterocycles. The molecular formula is C23H24N2O6S. The molecule has 3 aromatic rings. The van der Waals surface area contributed by atoms with Gasteiger partial charge in [0, 0.05) is 18.2 Å². The Kier molecular flexibility index (Phi) is 6.54. The molecule has 0 aliphatic carbocycles. The summed E-state index contributed by atoms with van der Waals surface area (Å²) in [7, 11) is 0. The zero-order chi connectivity index (χ0) is 22.8. The van der Waals surface area contributed by atoms with Gasteiger partial charge in [-0.2, -0.15) is 0 Å². The molecule has 0 bridgehead atoms. The summed E-state index contributed by atoms with van der Waals surface area (Å²) in [5.41, 5.74) is 2.10. The topological polar surface area (TPSA) is 117 Å². The molecule has 0 unspecified atom stereocenters. The Bertz CT molecular complexity index is 1210. The quantitative estimate of drug-likeness (QED) is 0.420. The smallest absolute Gasteiger partial charge is 0.328 e. The van der Waals surface area contributed by atoms with Crippen LogP contribution in [-0.2, 0) is 11.2 Å². The monoisotopic (exact) mass is 456 g/mol. The van der Waals surface area contributed by atoms with E-state index in [4.69, 9.17) is 21.7 Å². The van der Waals surface area contributed by atoms with E-state index in [1.807, 2.05) is 55.5 Å². The minimum Gasteiger partial charge on any atom is -0.457 e. The van der Waals surface area contributed by atoms with E-state index in [-0.39, 0.29) is 4.64 Å². The van der Waals surface area contributed by atoms with Gasteiger partial charge >= 0.3 is 5.69 Å². The average molecular weight is 457 g/mol. The fraction of sp³-hybridized carbons (Fsp3) is 0.304. The number of rotatable bonds is 6. The maximum Gasteiger partial charge on any atom is 0.328 e. The molecule has 9 heteroatoms. The third-order valence-corrected chi connectivity index (χ3v) is 5.75. The van der Waals surface area contributed by atoms with E-state index in [9.17, 15) is 20.1 Å². The van der Waals surface area contributed by atoms with Crippen molar-refractivity contribution in [2.45, 2.75) is 37.9 Å². The number of hydrogen-bond donors (Lipinski definition) is 4. The standard InChI is InChI=1S/C23H24N2O6S/c1-13-5-7-16(8-6-13)30-17-4-2-3-14(10-17)9-15-11-25(23(29)24-21(15)32)22-20(28)19(27)18(12-26)31-22/h2-8,10-11,18-20,22,26-28H,9,12H2,1H3,(H,24,29,32)/t18-,19-,20-,22-/m1/s1. The minimum atomic E-state index is -1.37. The van der Waals surface area contributed by atoms with Crippen LogP contribution in [0.3, 0.4) is 0 Å². The largest absolute Gasteiger partial charge is 0.457 e. The van der Waals surface area contributed by atoms with E-state index in [2.05, 4.69) is 4.98 Å². The van der Waals surface area contributed by atoms with E-state index >= 15 is 0 Å². The minimum absolute atomic E-state index is 0.267. The van der Waals surface area contributed by atoms with E-state index in [0.717, 1.165) is 21.4 Å². The number of aromatic nitrogens is 2. The highest BCUT2D eigenvalue weighted by molar-refractivity contribution is 7.71. The van der Waals surface area contributed by atoms with Crippen LogP contribution < -0.4 is 10.4 Å². The Morgan fingerprint density at radius 3 is 2.56 bits per heavy atom. The van der Waals surface area contributed by atoms with Crippen molar-refractivity contribution in [3.8, 4) is 11.5 Å². The second-order valence-electron chi connectivity index (χ2n) is 7.79. The van der Waals surface area contributed by atoms with Gasteiger partial charge in [-0.05, 0) is 36.8 Å². The van der Waals surface area contributed by atoms with Gasteiger partial charge in [0.05, 0.1) is 6.61 Å². The number of aromatic amines is 1. The molecule has 4 rings (SSSR count). The molecule has 1 aliphatic rings. The molecule has 0 radical (unpaired) electrons. The van der Waals surface area contributed by atoms with E-state index in [1.165, 1.54) is 6.20 Å². The zero-order valence-corrected chi connectivity index (χ0v) is 18.2. The van der Waals surface area contributed by atoms with Crippen LogP contribution in [0.5, 0.6) is 11.5 Å². The molecular weight excluding hydrogens is 432 g/mol. The second-order valence-corrected chi connectivity index (χ2v) is 8.20. The lowest BCUT2D eigenvalue weighted by molar-refractivity contribution is -0.0551. The molecule has 0 saturated carbocycles. The van der Waals surface area contributed by atoms with Gasteiger partial charge in [0.15, 0.2) is 6.23 Å². The number of benzene rings is 2. The number of aliphatic hydroxyl groups excluding tert-OH is 3. The van der Waals surface area contributed by atoms with Gasteiger partial charge in [-0.1, -0.05) is 42.0 Å². The predicted octanol–water partition coefficient (Wildman–Crippen LogP) is 2.21. The number of nitrogens with zero attached hydrogens (tertiary/aromatic N) is 1. The van der Waals surface area contributed by atoms with Crippen molar-refractivity contribution in [1.82, 2.24) is 9.55 Å². The van der Waals surface area contributed by atoms with Crippen molar-refractivity contribution in [3.63, 3.8) is 0 Å². The Labute approximate surface area is 189 Å². The first-order valence-electron chi connectivity index (χ1n) is 10.2. The number of H-pyrrole nitrogens is 1. The number of aryl methyl sites for hydroxylation is 1. The van der Waals surface area contributed by atoms with Crippen LogP contribution in [0.25, 0.3) is 0 Å². The van der Waals surface area contributed by atoms with Gasteiger partial charge in [-0.3, -0.25) is 9.55 Å². The van der Waals surface area contributed by atoms with Crippen LogP contribution in [0.1, 0.15) is 22.9 Å². The van der Waals surface area contributed by atoms with Crippen molar-refractivity contribution >= 4 is 12.2 Å². The molecule has 168 valence electrons. The summed E-state index contributed by atoms with van der Waals surface area (Å²) in [5.74, 6) is 1.39. The Morgan fingerprint density at radius 1 is 1.12 bits per heavy atom. The number of ether oxygens (including phenoxy) is 2. The van der Waals surface area contributed by atoms with Crippen LogP contribution in [0, 0.1) is 11.6 Å². The zero-order valence-electron chi connectivity index (χ0n) is 17.3. The molecule has 1 aliphatic heterocycles. The molecule has 4 N–H and O–H groups in total. The van der Waals surface area contributed by atoms with Crippen LogP contribution >= 0.6 is 12.2 Å². The van der Waals surface area contributed by atoms with E-state index in [0.29, 0.717) is 17.7 Å². The molecule has 8 nitrogen and oxygen atoms in total. The summed E-state index contributed by atoms with van der Waals surface area (Å²) in [6.45, 7) is 1.53. The summed E-state index contributed by atoms with van der Waals surface area (Å²) >= 11 is 5.33. The van der Waals surface area contributed by atoms with E-state index < -0.39 is 36.8 Å².